The second-order valence-corrected chi connectivity index (χ2v) is 3.14. The molecule has 0 spiro atoms. The van der Waals surface area contributed by atoms with Crippen LogP contribution in [-0.2, 0) is 0 Å². The molecule has 0 atom stereocenters. The summed E-state index contributed by atoms with van der Waals surface area (Å²) < 4.78 is 7.00. The van der Waals surface area contributed by atoms with E-state index in [2.05, 4.69) is 10.2 Å². The van der Waals surface area contributed by atoms with Gasteiger partial charge in [-0.15, -0.1) is 0 Å². The Morgan fingerprint density at radius 3 is 3.13 bits per heavy atom. The first-order valence-corrected chi connectivity index (χ1v) is 4.45. The molecule has 0 saturated heterocycles. The Balaban J connectivity index is 2.34. The Labute approximate surface area is 84.0 Å². The third kappa shape index (κ3) is 1.17. The van der Waals surface area contributed by atoms with Gasteiger partial charge in [-0.05, 0) is 12.1 Å². The summed E-state index contributed by atoms with van der Waals surface area (Å²) in [5, 5.41) is 6.85. The smallest absolute Gasteiger partial charge is 0.201 e. The van der Waals surface area contributed by atoms with Crippen LogP contribution in [0.2, 0.25) is 0 Å². The molecular formula is C10H7N3O2. The average molecular weight is 201 g/mol. The summed E-state index contributed by atoms with van der Waals surface area (Å²) in [6.07, 6.45) is 3.25. The highest BCUT2D eigenvalue weighted by Gasteiger charge is 2.08. The zero-order valence-electron chi connectivity index (χ0n) is 7.68. The minimum Gasteiger partial charge on any atom is -0.461 e. The minimum atomic E-state index is -0.0513. The fourth-order valence-electron chi connectivity index (χ4n) is 1.50. The largest absolute Gasteiger partial charge is 0.461 e. The van der Waals surface area contributed by atoms with E-state index < -0.39 is 0 Å². The molecule has 3 aromatic rings. The summed E-state index contributed by atoms with van der Waals surface area (Å²) >= 11 is 0. The summed E-state index contributed by atoms with van der Waals surface area (Å²) in [5.74, 6) is 1.31. The molecule has 0 unspecified atom stereocenters. The van der Waals surface area contributed by atoms with Gasteiger partial charge in [0.05, 0.1) is 6.26 Å². The highest BCUT2D eigenvalue weighted by molar-refractivity contribution is 5.53. The second kappa shape index (κ2) is 2.84. The Hall–Kier alpha value is -2.30. The highest BCUT2D eigenvalue weighted by Crippen LogP contribution is 2.17. The van der Waals surface area contributed by atoms with Crippen LogP contribution >= 0.6 is 0 Å². The van der Waals surface area contributed by atoms with Crippen molar-refractivity contribution < 1.29 is 4.42 Å². The third-order valence-electron chi connectivity index (χ3n) is 2.17. The van der Waals surface area contributed by atoms with Crippen LogP contribution in [0, 0.1) is 0 Å². The van der Waals surface area contributed by atoms with Gasteiger partial charge in [0.1, 0.15) is 5.65 Å². The molecule has 0 saturated carbocycles. The van der Waals surface area contributed by atoms with E-state index in [1.54, 1.807) is 22.9 Å². The predicted octanol–water partition coefficient (Wildman–Crippen LogP) is 1.28. The van der Waals surface area contributed by atoms with Gasteiger partial charge in [0.25, 0.3) is 0 Å². The highest BCUT2D eigenvalue weighted by atomic mass is 16.3. The van der Waals surface area contributed by atoms with Gasteiger partial charge < -0.3 is 4.42 Å². The predicted molar refractivity (Wildman–Crippen MR) is 53.5 cm³/mol. The van der Waals surface area contributed by atoms with E-state index in [0.717, 1.165) is 0 Å². The fourth-order valence-corrected chi connectivity index (χ4v) is 1.50. The molecule has 3 aromatic heterocycles. The number of furan rings is 1. The molecular weight excluding hydrogens is 194 g/mol. The molecule has 0 fully saturated rings. The van der Waals surface area contributed by atoms with Crippen LogP contribution < -0.4 is 5.43 Å². The van der Waals surface area contributed by atoms with Crippen LogP contribution in [0.25, 0.3) is 17.2 Å². The first-order valence-electron chi connectivity index (χ1n) is 4.45. The number of H-pyrrole nitrogens is 1. The number of aromatic nitrogens is 3. The van der Waals surface area contributed by atoms with Crippen molar-refractivity contribution in [2.75, 3.05) is 0 Å². The average Bonchev–Trinajstić information content (AvgIpc) is 2.82. The minimum absolute atomic E-state index is 0.0513. The number of nitrogens with zero attached hydrogens (tertiary/aromatic N) is 2. The van der Waals surface area contributed by atoms with Gasteiger partial charge in [-0.1, -0.05) is 0 Å². The van der Waals surface area contributed by atoms with Gasteiger partial charge in [0, 0.05) is 18.3 Å². The van der Waals surface area contributed by atoms with E-state index in [-0.39, 0.29) is 5.43 Å². The first-order chi connectivity index (χ1) is 7.34. The van der Waals surface area contributed by atoms with Crippen molar-refractivity contribution >= 4 is 5.65 Å². The van der Waals surface area contributed by atoms with Crippen LogP contribution in [-0.4, -0.2) is 14.6 Å². The van der Waals surface area contributed by atoms with Crippen LogP contribution in [0.3, 0.4) is 0 Å². The number of pyridine rings is 1. The van der Waals surface area contributed by atoms with E-state index in [9.17, 15) is 4.79 Å². The number of aromatic amines is 1. The molecule has 5 nitrogen and oxygen atoms in total. The standard InChI is InChI=1S/C10H7N3O2/c14-7-3-4-13-9(6-7)11-12-10(13)8-2-1-5-15-8/h1-6,11H. The third-order valence-corrected chi connectivity index (χ3v) is 2.17. The number of rotatable bonds is 1. The molecule has 1 N–H and O–H groups in total. The van der Waals surface area contributed by atoms with Crippen LogP contribution in [0.4, 0.5) is 0 Å². The number of fused-ring (bicyclic) bond motifs is 1. The van der Waals surface area contributed by atoms with Crippen molar-refractivity contribution in [1.82, 2.24) is 14.6 Å². The Morgan fingerprint density at radius 2 is 2.33 bits per heavy atom. The maximum absolute atomic E-state index is 11.1. The van der Waals surface area contributed by atoms with Crippen molar-refractivity contribution in [2.24, 2.45) is 0 Å². The topological polar surface area (TPSA) is 63.3 Å². The van der Waals surface area contributed by atoms with E-state index >= 15 is 0 Å². The van der Waals surface area contributed by atoms with E-state index in [1.165, 1.54) is 12.1 Å². The lowest BCUT2D eigenvalue weighted by atomic mass is 10.4. The lowest BCUT2D eigenvalue weighted by Gasteiger charge is -1.94. The second-order valence-electron chi connectivity index (χ2n) is 3.14. The molecule has 3 heterocycles. The summed E-state index contributed by atoms with van der Waals surface area (Å²) in [7, 11) is 0. The maximum Gasteiger partial charge on any atom is 0.201 e. The number of hydrogen-bond acceptors (Lipinski definition) is 3. The Morgan fingerprint density at radius 1 is 1.40 bits per heavy atom. The number of hydrogen-bond donors (Lipinski definition) is 1. The SMILES string of the molecule is O=c1ccn2c(-c3ccco3)n[nH]c2c1. The molecule has 0 aliphatic heterocycles. The van der Waals surface area contributed by atoms with E-state index in [1.807, 2.05) is 6.07 Å². The van der Waals surface area contributed by atoms with Gasteiger partial charge in [0.15, 0.2) is 11.2 Å². The van der Waals surface area contributed by atoms with Crippen molar-refractivity contribution in [2.45, 2.75) is 0 Å². The molecule has 0 aliphatic rings. The van der Waals surface area contributed by atoms with Crippen LogP contribution in [0.5, 0.6) is 0 Å². The van der Waals surface area contributed by atoms with Gasteiger partial charge in [-0.2, -0.15) is 5.10 Å². The van der Waals surface area contributed by atoms with E-state index in [0.29, 0.717) is 17.2 Å². The monoisotopic (exact) mass is 201 g/mol. The molecule has 0 bridgehead atoms. The van der Waals surface area contributed by atoms with Crippen molar-refractivity contribution in [3.8, 4) is 11.6 Å². The zero-order valence-corrected chi connectivity index (χ0v) is 7.68. The molecule has 0 amide bonds. The Kier molecular flexibility index (Phi) is 1.53. The van der Waals surface area contributed by atoms with Gasteiger partial charge in [-0.3, -0.25) is 14.3 Å². The lowest BCUT2D eigenvalue weighted by molar-refractivity contribution is 0.576. The molecule has 0 aromatic carbocycles. The normalized spacial score (nSPS) is 10.9. The number of nitrogens with one attached hydrogen (secondary N) is 1. The van der Waals surface area contributed by atoms with Gasteiger partial charge >= 0.3 is 0 Å². The van der Waals surface area contributed by atoms with Crippen LogP contribution in [0.1, 0.15) is 0 Å². The molecule has 3 rings (SSSR count). The lowest BCUT2D eigenvalue weighted by Crippen LogP contribution is -1.98. The van der Waals surface area contributed by atoms with E-state index in [4.69, 9.17) is 4.42 Å². The van der Waals surface area contributed by atoms with Crippen molar-refractivity contribution in [1.29, 1.82) is 0 Å². The van der Waals surface area contributed by atoms with Gasteiger partial charge in [-0.25, -0.2) is 0 Å². The van der Waals surface area contributed by atoms with Gasteiger partial charge in [0.2, 0.25) is 5.82 Å². The Bertz CT molecular complexity index is 649. The van der Waals surface area contributed by atoms with Crippen LogP contribution in [0.15, 0.2) is 45.9 Å². The summed E-state index contributed by atoms with van der Waals surface area (Å²) in [6, 6.07) is 6.57. The molecule has 74 valence electrons. The quantitative estimate of drug-likeness (QED) is 0.645. The molecule has 0 radical (unpaired) electrons. The zero-order chi connectivity index (χ0) is 10.3. The summed E-state index contributed by atoms with van der Waals surface area (Å²) in [5.41, 5.74) is 0.596. The first kappa shape index (κ1) is 8.05. The summed E-state index contributed by atoms with van der Waals surface area (Å²) in [6.45, 7) is 0. The summed E-state index contributed by atoms with van der Waals surface area (Å²) in [4.78, 5) is 11.1. The molecule has 5 heteroatoms. The van der Waals surface area contributed by atoms with Crippen molar-refractivity contribution in [3.63, 3.8) is 0 Å². The molecule has 0 aliphatic carbocycles. The molecule has 15 heavy (non-hydrogen) atoms. The maximum atomic E-state index is 11.1. The van der Waals surface area contributed by atoms with Crippen molar-refractivity contribution in [3.05, 3.63) is 46.9 Å². The fraction of sp³-hybridized carbons (Fsp3) is 0.